The van der Waals surface area contributed by atoms with E-state index in [1.807, 2.05) is 0 Å². The van der Waals surface area contributed by atoms with Crippen molar-refractivity contribution in [1.82, 2.24) is 0 Å². The number of azo groups is 1. The van der Waals surface area contributed by atoms with E-state index < -0.39 is 22.7 Å². The molecule has 1 aromatic carbocycles. The first kappa shape index (κ1) is 16.7. The maximum atomic E-state index is 11.5. The average Bonchev–Trinajstić information content (AvgIpc) is 2.40. The molecule has 9 heteroatoms. The van der Waals surface area contributed by atoms with Crippen molar-refractivity contribution in [2.75, 3.05) is 6.61 Å². The lowest BCUT2D eigenvalue weighted by atomic mass is 10.2. The third kappa shape index (κ3) is 4.60. The number of nitro groups is 1. The number of esters is 1. The van der Waals surface area contributed by atoms with Gasteiger partial charge in [-0.15, -0.1) is 0 Å². The SMILES string of the molecule is CCOC(=O)C(N=Nc1ccc([N+](=O)[O-])cc1Cl)C(C)=O. The molecule has 8 nitrogen and oxygen atoms in total. The quantitative estimate of drug-likeness (QED) is 0.263. The van der Waals surface area contributed by atoms with Crippen LogP contribution < -0.4 is 0 Å². The van der Waals surface area contributed by atoms with Gasteiger partial charge in [-0.3, -0.25) is 14.9 Å². The van der Waals surface area contributed by atoms with Crippen LogP contribution in [0.5, 0.6) is 0 Å². The molecule has 0 saturated carbocycles. The van der Waals surface area contributed by atoms with Gasteiger partial charge in [-0.05, 0) is 19.9 Å². The van der Waals surface area contributed by atoms with Crippen molar-refractivity contribution in [3.8, 4) is 0 Å². The number of benzene rings is 1. The third-order valence-corrected chi connectivity index (χ3v) is 2.62. The van der Waals surface area contributed by atoms with E-state index in [1.165, 1.54) is 19.1 Å². The van der Waals surface area contributed by atoms with Crippen molar-refractivity contribution in [3.63, 3.8) is 0 Å². The Kier molecular flexibility index (Phi) is 5.92. The molecule has 0 aromatic heterocycles. The van der Waals surface area contributed by atoms with Gasteiger partial charge in [-0.25, -0.2) is 4.79 Å². The number of hydrogen-bond acceptors (Lipinski definition) is 7. The summed E-state index contributed by atoms with van der Waals surface area (Å²) in [5.74, 6) is -1.35. The minimum Gasteiger partial charge on any atom is -0.464 e. The molecular weight excluding hydrogens is 302 g/mol. The predicted molar refractivity (Wildman–Crippen MR) is 73.7 cm³/mol. The first-order chi connectivity index (χ1) is 9.86. The van der Waals surface area contributed by atoms with Gasteiger partial charge < -0.3 is 4.74 Å². The van der Waals surface area contributed by atoms with Gasteiger partial charge in [0.25, 0.3) is 5.69 Å². The number of ketones is 1. The Morgan fingerprint density at radius 3 is 2.62 bits per heavy atom. The highest BCUT2D eigenvalue weighted by Gasteiger charge is 2.24. The van der Waals surface area contributed by atoms with E-state index in [-0.39, 0.29) is 23.0 Å². The fraction of sp³-hybridized carbons (Fsp3) is 0.333. The Morgan fingerprint density at radius 2 is 2.14 bits per heavy atom. The van der Waals surface area contributed by atoms with Crippen LogP contribution >= 0.6 is 11.6 Å². The number of carbonyl (C=O) groups is 2. The Bertz CT molecular complexity index is 603. The molecule has 0 heterocycles. The molecule has 0 aliphatic heterocycles. The summed E-state index contributed by atoms with van der Waals surface area (Å²) >= 11 is 5.82. The number of rotatable bonds is 6. The number of ether oxygens (including phenoxy) is 1. The van der Waals surface area contributed by atoms with Crippen molar-refractivity contribution >= 4 is 34.7 Å². The molecule has 0 fully saturated rings. The fourth-order valence-corrected chi connectivity index (χ4v) is 1.54. The van der Waals surface area contributed by atoms with Gasteiger partial charge in [0, 0.05) is 12.1 Å². The zero-order valence-electron chi connectivity index (χ0n) is 11.3. The molecule has 0 aliphatic carbocycles. The number of Topliss-reactive ketones (excluding diaryl/α,β-unsaturated/α-hetero) is 1. The highest BCUT2D eigenvalue weighted by Crippen LogP contribution is 2.29. The van der Waals surface area contributed by atoms with Gasteiger partial charge in [0.1, 0.15) is 5.69 Å². The Morgan fingerprint density at radius 1 is 1.48 bits per heavy atom. The van der Waals surface area contributed by atoms with Crippen LogP contribution in [0.3, 0.4) is 0 Å². The molecule has 0 aliphatic rings. The van der Waals surface area contributed by atoms with E-state index in [4.69, 9.17) is 16.3 Å². The summed E-state index contributed by atoms with van der Waals surface area (Å²) in [6, 6.07) is 2.18. The average molecular weight is 314 g/mol. The summed E-state index contributed by atoms with van der Waals surface area (Å²) in [6.07, 6.45) is 0. The lowest BCUT2D eigenvalue weighted by molar-refractivity contribution is -0.384. The monoisotopic (exact) mass is 313 g/mol. The number of halogens is 1. The van der Waals surface area contributed by atoms with Crippen LogP contribution in [0.25, 0.3) is 0 Å². The molecule has 112 valence electrons. The smallest absolute Gasteiger partial charge is 0.340 e. The fourth-order valence-electron chi connectivity index (χ4n) is 1.33. The van der Waals surface area contributed by atoms with E-state index in [0.29, 0.717) is 0 Å². The van der Waals surface area contributed by atoms with Gasteiger partial charge in [-0.2, -0.15) is 10.2 Å². The van der Waals surface area contributed by atoms with E-state index in [1.54, 1.807) is 6.92 Å². The Balaban J connectivity index is 2.99. The van der Waals surface area contributed by atoms with Gasteiger partial charge in [-0.1, -0.05) is 11.6 Å². The standard InChI is InChI=1S/C12H12ClN3O5/c1-3-21-12(18)11(7(2)17)15-14-10-5-4-8(16(19)20)6-9(10)13/h4-6,11H,3H2,1-2H3. The number of hydrogen-bond donors (Lipinski definition) is 0. The number of nitrogens with zero attached hydrogens (tertiary/aromatic N) is 3. The van der Waals surface area contributed by atoms with Gasteiger partial charge in [0.05, 0.1) is 16.6 Å². The molecule has 1 atom stereocenters. The van der Waals surface area contributed by atoms with E-state index in [0.717, 1.165) is 6.07 Å². The number of non-ortho nitro benzene ring substituents is 1. The zero-order valence-corrected chi connectivity index (χ0v) is 12.0. The first-order valence-corrected chi connectivity index (χ1v) is 6.26. The summed E-state index contributed by atoms with van der Waals surface area (Å²) in [7, 11) is 0. The maximum Gasteiger partial charge on any atom is 0.340 e. The van der Waals surface area contributed by atoms with E-state index >= 15 is 0 Å². The predicted octanol–water partition coefficient (Wildman–Crippen LogP) is 2.85. The first-order valence-electron chi connectivity index (χ1n) is 5.88. The lowest BCUT2D eigenvalue weighted by Gasteiger charge is -2.06. The van der Waals surface area contributed by atoms with Crippen molar-refractivity contribution in [1.29, 1.82) is 0 Å². The highest BCUT2D eigenvalue weighted by molar-refractivity contribution is 6.33. The molecule has 0 bridgehead atoms. The van der Waals surface area contributed by atoms with Crippen LogP contribution in [0.1, 0.15) is 13.8 Å². The van der Waals surface area contributed by atoms with Crippen LogP contribution in [0.4, 0.5) is 11.4 Å². The maximum absolute atomic E-state index is 11.5. The van der Waals surface area contributed by atoms with Gasteiger partial charge >= 0.3 is 5.97 Å². The van der Waals surface area contributed by atoms with Crippen LogP contribution in [-0.4, -0.2) is 29.3 Å². The number of carbonyl (C=O) groups excluding carboxylic acids is 2. The van der Waals surface area contributed by atoms with Gasteiger partial charge in [0.15, 0.2) is 5.78 Å². The van der Waals surface area contributed by atoms with Crippen molar-refractivity contribution in [2.24, 2.45) is 10.2 Å². The van der Waals surface area contributed by atoms with Gasteiger partial charge in [0.2, 0.25) is 6.04 Å². The normalized spacial score (nSPS) is 12.1. The van der Waals surface area contributed by atoms with Crippen LogP contribution in [0.2, 0.25) is 5.02 Å². The third-order valence-electron chi connectivity index (χ3n) is 2.32. The second-order valence-electron chi connectivity index (χ2n) is 3.87. The highest BCUT2D eigenvalue weighted by atomic mass is 35.5. The van der Waals surface area contributed by atoms with E-state index in [9.17, 15) is 19.7 Å². The van der Waals surface area contributed by atoms with E-state index in [2.05, 4.69) is 10.2 Å². The Hall–Kier alpha value is -2.35. The minimum absolute atomic E-state index is 0.0147. The van der Waals surface area contributed by atoms with Crippen molar-refractivity contribution in [2.45, 2.75) is 19.9 Å². The van der Waals surface area contributed by atoms with Crippen molar-refractivity contribution in [3.05, 3.63) is 33.3 Å². The summed E-state index contributed by atoms with van der Waals surface area (Å²) in [5.41, 5.74) is -0.0923. The molecule has 21 heavy (non-hydrogen) atoms. The summed E-state index contributed by atoms with van der Waals surface area (Å²) in [4.78, 5) is 32.8. The van der Waals surface area contributed by atoms with Crippen molar-refractivity contribution < 1.29 is 19.2 Å². The molecule has 0 spiro atoms. The minimum atomic E-state index is -1.38. The number of nitro benzene ring substituents is 1. The zero-order chi connectivity index (χ0) is 16.0. The molecule has 1 aromatic rings. The molecular formula is C12H12ClN3O5. The molecule has 0 amide bonds. The molecule has 0 radical (unpaired) electrons. The molecule has 0 saturated heterocycles. The topological polar surface area (TPSA) is 111 Å². The summed E-state index contributed by atoms with van der Waals surface area (Å²) in [6.45, 7) is 2.88. The van der Waals surface area contributed by atoms with Crippen LogP contribution in [0, 0.1) is 10.1 Å². The Labute approximate surface area is 124 Å². The largest absolute Gasteiger partial charge is 0.464 e. The lowest BCUT2D eigenvalue weighted by Crippen LogP contribution is -2.28. The second-order valence-corrected chi connectivity index (χ2v) is 4.28. The molecule has 1 unspecified atom stereocenters. The molecule has 1 rings (SSSR count). The summed E-state index contributed by atoms with van der Waals surface area (Å²) < 4.78 is 4.70. The van der Waals surface area contributed by atoms with Crippen LogP contribution in [0.15, 0.2) is 28.4 Å². The van der Waals surface area contributed by atoms with Crippen LogP contribution in [-0.2, 0) is 14.3 Å². The summed E-state index contributed by atoms with van der Waals surface area (Å²) in [5, 5.41) is 17.8. The molecule has 0 N–H and O–H groups in total. The second kappa shape index (κ2) is 7.44.